The molecule has 0 radical (unpaired) electrons. The van der Waals surface area contributed by atoms with Crippen LogP contribution in [0.15, 0.2) is 18.2 Å². The van der Waals surface area contributed by atoms with Crippen molar-refractivity contribution in [2.45, 2.75) is 32.2 Å². The number of carbonyl (C=O) groups excluding carboxylic acids is 2. The Morgan fingerprint density at radius 3 is 2.68 bits per heavy atom. The van der Waals surface area contributed by atoms with Crippen molar-refractivity contribution >= 4 is 23.5 Å². The van der Waals surface area contributed by atoms with Crippen molar-refractivity contribution in [3.8, 4) is 5.75 Å². The number of nitrogens with zero attached hydrogens (tertiary/aromatic N) is 1. The van der Waals surface area contributed by atoms with Gasteiger partial charge in [-0.2, -0.15) is 0 Å². The smallest absolute Gasteiger partial charge is 0.307 e. The van der Waals surface area contributed by atoms with Crippen LogP contribution in [-0.2, 0) is 14.4 Å². The molecule has 1 saturated carbocycles. The molecule has 1 aliphatic carbocycles. The Morgan fingerprint density at radius 2 is 2.04 bits per heavy atom. The lowest BCUT2D eigenvalue weighted by Crippen LogP contribution is -2.44. The first kappa shape index (κ1) is 17.3. The number of amides is 2. The van der Waals surface area contributed by atoms with Gasteiger partial charge in [0, 0.05) is 6.54 Å². The van der Waals surface area contributed by atoms with Gasteiger partial charge in [-0.05, 0) is 43.9 Å². The van der Waals surface area contributed by atoms with Crippen LogP contribution in [0, 0.1) is 18.8 Å². The first-order chi connectivity index (χ1) is 11.9. The summed E-state index contributed by atoms with van der Waals surface area (Å²) in [6.07, 6.45) is 1.68. The molecule has 0 aromatic heterocycles. The van der Waals surface area contributed by atoms with Gasteiger partial charge in [-0.15, -0.1) is 0 Å². The summed E-state index contributed by atoms with van der Waals surface area (Å²) in [7, 11) is 1.53. The fourth-order valence-electron chi connectivity index (χ4n) is 3.39. The average molecular weight is 346 g/mol. The molecule has 3 rings (SSSR count). The highest BCUT2D eigenvalue weighted by atomic mass is 16.5. The molecular formula is C18H22N2O5. The first-order valence-corrected chi connectivity index (χ1v) is 8.41. The summed E-state index contributed by atoms with van der Waals surface area (Å²) in [4.78, 5) is 37.7. The van der Waals surface area contributed by atoms with Gasteiger partial charge < -0.3 is 20.1 Å². The van der Waals surface area contributed by atoms with Gasteiger partial charge in [-0.1, -0.05) is 6.07 Å². The average Bonchev–Trinajstić information content (AvgIpc) is 3.23. The van der Waals surface area contributed by atoms with Gasteiger partial charge in [0.1, 0.15) is 11.8 Å². The van der Waals surface area contributed by atoms with Crippen molar-refractivity contribution in [2.75, 3.05) is 19.0 Å². The fraction of sp³-hybridized carbons (Fsp3) is 0.500. The van der Waals surface area contributed by atoms with Gasteiger partial charge in [0.15, 0.2) is 0 Å². The van der Waals surface area contributed by atoms with E-state index in [1.165, 1.54) is 12.0 Å². The van der Waals surface area contributed by atoms with E-state index in [1.807, 2.05) is 19.1 Å². The Kier molecular flexibility index (Phi) is 4.65. The van der Waals surface area contributed by atoms with E-state index in [0.29, 0.717) is 30.8 Å². The Hall–Kier alpha value is -2.57. The summed E-state index contributed by atoms with van der Waals surface area (Å²) in [6, 6.07) is 4.93. The lowest BCUT2D eigenvalue weighted by molar-refractivity contribution is -0.143. The number of carboxylic acids is 1. The van der Waals surface area contributed by atoms with Crippen molar-refractivity contribution in [3.63, 3.8) is 0 Å². The van der Waals surface area contributed by atoms with Crippen LogP contribution in [0.3, 0.4) is 0 Å². The SMILES string of the molecule is COc1ccc(C)cc1NC(=O)[C@@H]1CCCN1C(=O)[C@H]1C[C@@H]1C(=O)O. The number of methoxy groups -OCH3 is 1. The third-order valence-electron chi connectivity index (χ3n) is 4.88. The van der Waals surface area contributed by atoms with Crippen LogP contribution in [-0.4, -0.2) is 47.5 Å². The van der Waals surface area contributed by atoms with Gasteiger partial charge in [0.25, 0.3) is 0 Å². The largest absolute Gasteiger partial charge is 0.495 e. The molecule has 1 saturated heterocycles. The normalized spacial score (nSPS) is 24.7. The lowest BCUT2D eigenvalue weighted by Gasteiger charge is -2.24. The monoisotopic (exact) mass is 346 g/mol. The fourth-order valence-corrected chi connectivity index (χ4v) is 3.39. The van der Waals surface area contributed by atoms with E-state index in [2.05, 4.69) is 5.32 Å². The minimum absolute atomic E-state index is 0.221. The molecule has 3 atom stereocenters. The second-order valence-corrected chi connectivity index (χ2v) is 6.67. The molecule has 2 aliphatic rings. The van der Waals surface area contributed by atoms with E-state index in [0.717, 1.165) is 12.0 Å². The van der Waals surface area contributed by atoms with Gasteiger partial charge in [-0.25, -0.2) is 0 Å². The van der Waals surface area contributed by atoms with E-state index < -0.39 is 23.8 Å². The maximum Gasteiger partial charge on any atom is 0.307 e. The van der Waals surface area contributed by atoms with E-state index in [4.69, 9.17) is 9.84 Å². The van der Waals surface area contributed by atoms with E-state index >= 15 is 0 Å². The number of carboxylic acid groups (broad SMARTS) is 1. The molecule has 7 heteroatoms. The number of hydrogen-bond donors (Lipinski definition) is 2. The second-order valence-electron chi connectivity index (χ2n) is 6.67. The van der Waals surface area contributed by atoms with Crippen LogP contribution >= 0.6 is 0 Å². The zero-order valence-electron chi connectivity index (χ0n) is 14.3. The highest BCUT2D eigenvalue weighted by molar-refractivity contribution is 6.00. The number of carbonyl (C=O) groups is 3. The first-order valence-electron chi connectivity index (χ1n) is 8.41. The summed E-state index contributed by atoms with van der Waals surface area (Å²) in [5.74, 6) is -1.96. The zero-order chi connectivity index (χ0) is 18.1. The quantitative estimate of drug-likeness (QED) is 0.845. The maximum absolute atomic E-state index is 12.7. The molecule has 1 heterocycles. The number of rotatable bonds is 5. The highest BCUT2D eigenvalue weighted by Gasteiger charge is 2.51. The number of benzene rings is 1. The summed E-state index contributed by atoms with van der Waals surface area (Å²) in [5.41, 5.74) is 1.55. The topological polar surface area (TPSA) is 95.9 Å². The van der Waals surface area contributed by atoms with Crippen molar-refractivity contribution in [1.29, 1.82) is 0 Å². The van der Waals surface area contributed by atoms with Crippen molar-refractivity contribution in [2.24, 2.45) is 11.8 Å². The highest BCUT2D eigenvalue weighted by Crippen LogP contribution is 2.41. The number of aliphatic carboxylic acids is 1. The summed E-state index contributed by atoms with van der Waals surface area (Å²) >= 11 is 0. The Morgan fingerprint density at radius 1 is 1.28 bits per heavy atom. The molecule has 2 N–H and O–H groups in total. The molecule has 0 spiro atoms. The molecule has 0 unspecified atom stereocenters. The van der Waals surface area contributed by atoms with Gasteiger partial charge in [-0.3, -0.25) is 14.4 Å². The number of anilines is 1. The van der Waals surface area contributed by atoms with Crippen LogP contribution in [0.2, 0.25) is 0 Å². The van der Waals surface area contributed by atoms with E-state index in [9.17, 15) is 14.4 Å². The molecule has 1 aromatic rings. The number of nitrogens with one attached hydrogen (secondary N) is 1. The van der Waals surface area contributed by atoms with Crippen LogP contribution in [0.5, 0.6) is 5.75 Å². The zero-order valence-corrected chi connectivity index (χ0v) is 14.3. The number of aryl methyl sites for hydroxylation is 1. The van der Waals surface area contributed by atoms with E-state index in [1.54, 1.807) is 6.07 Å². The third kappa shape index (κ3) is 3.45. The maximum atomic E-state index is 12.7. The summed E-state index contributed by atoms with van der Waals surface area (Å²) < 4.78 is 5.27. The Balaban J connectivity index is 1.70. The molecular weight excluding hydrogens is 324 g/mol. The summed E-state index contributed by atoms with van der Waals surface area (Å²) in [6.45, 7) is 2.41. The van der Waals surface area contributed by atoms with Gasteiger partial charge in [0.05, 0.1) is 24.6 Å². The van der Waals surface area contributed by atoms with Crippen LogP contribution in [0.4, 0.5) is 5.69 Å². The molecule has 7 nitrogen and oxygen atoms in total. The molecule has 25 heavy (non-hydrogen) atoms. The molecule has 0 bridgehead atoms. The van der Waals surface area contributed by atoms with E-state index in [-0.39, 0.29) is 11.8 Å². The number of ether oxygens (including phenoxy) is 1. The molecule has 1 aliphatic heterocycles. The van der Waals surface area contributed by atoms with Crippen LogP contribution in [0.25, 0.3) is 0 Å². The minimum Gasteiger partial charge on any atom is -0.495 e. The van der Waals surface area contributed by atoms with Crippen LogP contribution in [0.1, 0.15) is 24.8 Å². The number of likely N-dealkylation sites (tertiary alicyclic amines) is 1. The molecule has 1 aromatic carbocycles. The Labute approximate surface area is 146 Å². The van der Waals surface area contributed by atoms with Gasteiger partial charge >= 0.3 is 5.97 Å². The lowest BCUT2D eigenvalue weighted by atomic mass is 10.1. The molecule has 2 fully saturated rings. The second kappa shape index (κ2) is 6.74. The van der Waals surface area contributed by atoms with Crippen molar-refractivity contribution in [1.82, 2.24) is 4.90 Å². The van der Waals surface area contributed by atoms with Crippen molar-refractivity contribution < 1.29 is 24.2 Å². The standard InChI is InChI=1S/C18H22N2O5/c1-10-5-6-15(25-2)13(8-10)19-16(21)14-4-3-7-20(14)17(22)11-9-12(11)18(23)24/h5-6,8,11-12,14H,3-4,7,9H2,1-2H3,(H,19,21)(H,23,24)/t11-,12-,14-/m0/s1. The van der Waals surface area contributed by atoms with Gasteiger partial charge in [0.2, 0.25) is 11.8 Å². The number of hydrogen-bond acceptors (Lipinski definition) is 4. The molecule has 134 valence electrons. The summed E-state index contributed by atoms with van der Waals surface area (Å²) in [5, 5.41) is 11.9. The Bertz CT molecular complexity index is 717. The van der Waals surface area contributed by atoms with Crippen LogP contribution < -0.4 is 10.1 Å². The predicted octanol–water partition coefficient (Wildman–Crippen LogP) is 1.65. The van der Waals surface area contributed by atoms with Crippen molar-refractivity contribution in [3.05, 3.63) is 23.8 Å². The minimum atomic E-state index is -0.942. The predicted molar refractivity (Wildman–Crippen MR) is 90.3 cm³/mol. The molecule has 2 amide bonds. The third-order valence-corrected chi connectivity index (χ3v) is 4.88.